The molecule has 0 bridgehead atoms. The van der Waals surface area contributed by atoms with Crippen molar-refractivity contribution in [2.75, 3.05) is 25.1 Å². The van der Waals surface area contributed by atoms with Gasteiger partial charge in [0.15, 0.2) is 0 Å². The van der Waals surface area contributed by atoms with Gasteiger partial charge in [-0.1, -0.05) is 0 Å². The molecule has 1 aromatic rings. The van der Waals surface area contributed by atoms with E-state index in [0.717, 1.165) is 0 Å². The van der Waals surface area contributed by atoms with E-state index in [4.69, 9.17) is 14.2 Å². The third-order valence-corrected chi connectivity index (χ3v) is 3.67. The maximum absolute atomic E-state index is 12.0. The molecule has 0 radical (unpaired) electrons. The van der Waals surface area contributed by atoms with Crippen molar-refractivity contribution in [1.29, 1.82) is 0 Å². The van der Waals surface area contributed by atoms with E-state index in [1.165, 1.54) is 0 Å². The maximum atomic E-state index is 12.0. The van der Waals surface area contributed by atoms with E-state index in [-0.39, 0.29) is 12.5 Å². The second-order valence-electron chi connectivity index (χ2n) is 4.97. The van der Waals surface area contributed by atoms with Crippen molar-refractivity contribution in [2.45, 2.75) is 32.3 Å². The smallest absolute Gasteiger partial charge is 0.411 e. The quantitative estimate of drug-likeness (QED) is 0.782. The van der Waals surface area contributed by atoms with Crippen LogP contribution in [0.5, 0.6) is 0 Å². The molecular formula is C15H19BrN2O5. The van der Waals surface area contributed by atoms with Crippen LogP contribution >= 0.6 is 15.9 Å². The summed E-state index contributed by atoms with van der Waals surface area (Å²) in [7, 11) is 0. The fraction of sp³-hybridized carbons (Fsp3) is 0.533. The summed E-state index contributed by atoms with van der Waals surface area (Å²) in [5, 5.41) is 2.64. The fourth-order valence-electron chi connectivity index (χ4n) is 2.15. The summed E-state index contributed by atoms with van der Waals surface area (Å²) in [5.41, 5.74) is 0.847. The van der Waals surface area contributed by atoms with Gasteiger partial charge in [-0.05, 0) is 28.9 Å². The average molecular weight is 387 g/mol. The number of pyridine rings is 1. The highest BCUT2D eigenvalue weighted by molar-refractivity contribution is 9.10. The van der Waals surface area contributed by atoms with Gasteiger partial charge >= 0.3 is 12.1 Å². The van der Waals surface area contributed by atoms with Gasteiger partial charge in [0.2, 0.25) is 0 Å². The summed E-state index contributed by atoms with van der Waals surface area (Å²) in [5.74, 6) is -0.400. The molecule has 0 saturated carbocycles. The number of aromatic nitrogens is 1. The normalized spacial score (nSPS) is 15.0. The predicted octanol–water partition coefficient (Wildman–Crippen LogP) is 2.68. The van der Waals surface area contributed by atoms with Gasteiger partial charge in [-0.25, -0.2) is 4.79 Å². The zero-order chi connectivity index (χ0) is 16.7. The zero-order valence-electron chi connectivity index (χ0n) is 12.8. The van der Waals surface area contributed by atoms with E-state index in [0.29, 0.717) is 48.5 Å². The first-order valence-electron chi connectivity index (χ1n) is 7.44. The maximum Gasteiger partial charge on any atom is 0.411 e. The zero-order valence-corrected chi connectivity index (χ0v) is 14.4. The molecule has 1 fully saturated rings. The molecule has 1 aromatic heterocycles. The van der Waals surface area contributed by atoms with Crippen LogP contribution in [0.4, 0.5) is 10.5 Å². The lowest BCUT2D eigenvalue weighted by molar-refractivity contribution is -0.142. The topological polar surface area (TPSA) is 86.8 Å². The van der Waals surface area contributed by atoms with E-state index in [2.05, 4.69) is 26.2 Å². The molecule has 23 heavy (non-hydrogen) atoms. The number of hydrogen-bond acceptors (Lipinski definition) is 6. The minimum absolute atomic E-state index is 0.0198. The molecule has 0 spiro atoms. The number of rotatable bonds is 5. The van der Waals surface area contributed by atoms with Crippen LogP contribution in [-0.2, 0) is 25.4 Å². The summed E-state index contributed by atoms with van der Waals surface area (Å²) in [4.78, 5) is 27.8. The minimum Gasteiger partial charge on any atom is -0.466 e. The number of esters is 1. The molecule has 126 valence electrons. The number of amides is 1. The van der Waals surface area contributed by atoms with Crippen LogP contribution < -0.4 is 5.32 Å². The molecule has 7 nitrogen and oxygen atoms in total. The summed E-state index contributed by atoms with van der Waals surface area (Å²) in [6, 6.07) is 1.67. The van der Waals surface area contributed by atoms with Crippen LogP contribution in [0.25, 0.3) is 0 Å². The first kappa shape index (κ1) is 17.7. The molecule has 1 saturated heterocycles. The van der Waals surface area contributed by atoms with Gasteiger partial charge in [-0.2, -0.15) is 0 Å². The first-order valence-corrected chi connectivity index (χ1v) is 8.23. The molecule has 1 amide bonds. The van der Waals surface area contributed by atoms with Crippen LogP contribution in [0.15, 0.2) is 16.7 Å². The van der Waals surface area contributed by atoms with Crippen molar-refractivity contribution in [1.82, 2.24) is 4.98 Å². The second kappa shape index (κ2) is 8.83. The molecule has 0 unspecified atom stereocenters. The Kier molecular flexibility index (Phi) is 6.79. The second-order valence-corrected chi connectivity index (χ2v) is 5.89. The Morgan fingerprint density at radius 2 is 2.17 bits per heavy atom. The molecule has 0 aromatic carbocycles. The Bertz CT molecular complexity index is 561. The van der Waals surface area contributed by atoms with Gasteiger partial charge in [0.1, 0.15) is 6.10 Å². The van der Waals surface area contributed by atoms with Crippen LogP contribution in [-0.4, -0.2) is 43.0 Å². The van der Waals surface area contributed by atoms with Crippen LogP contribution in [0.2, 0.25) is 0 Å². The molecule has 8 heteroatoms. The molecule has 2 heterocycles. The summed E-state index contributed by atoms with van der Waals surface area (Å²) in [6.45, 7) is 3.20. The molecule has 0 aliphatic carbocycles. The van der Waals surface area contributed by atoms with Gasteiger partial charge in [0, 0.05) is 23.5 Å². The largest absolute Gasteiger partial charge is 0.466 e. The Hall–Kier alpha value is -1.67. The lowest BCUT2D eigenvalue weighted by atomic mass is 10.2. The van der Waals surface area contributed by atoms with E-state index < -0.39 is 12.1 Å². The lowest BCUT2D eigenvalue weighted by Crippen LogP contribution is -2.28. The van der Waals surface area contributed by atoms with Crippen LogP contribution in [0.1, 0.15) is 25.5 Å². The van der Waals surface area contributed by atoms with Gasteiger partial charge in [0.05, 0.1) is 37.6 Å². The Morgan fingerprint density at radius 3 is 2.87 bits per heavy atom. The molecule has 2 rings (SSSR count). The minimum atomic E-state index is -0.568. The number of nitrogens with zero attached hydrogens (tertiary/aromatic N) is 1. The van der Waals surface area contributed by atoms with Crippen molar-refractivity contribution in [2.24, 2.45) is 0 Å². The van der Waals surface area contributed by atoms with E-state index in [9.17, 15) is 9.59 Å². The average Bonchev–Trinajstić information content (AvgIpc) is 2.51. The molecule has 1 aliphatic rings. The first-order chi connectivity index (χ1) is 11.1. The van der Waals surface area contributed by atoms with Gasteiger partial charge in [-0.3, -0.25) is 15.1 Å². The van der Waals surface area contributed by atoms with Gasteiger partial charge in [0.25, 0.3) is 0 Å². The Morgan fingerprint density at radius 1 is 1.43 bits per heavy atom. The highest BCUT2D eigenvalue weighted by Gasteiger charge is 2.19. The molecular weight excluding hydrogens is 368 g/mol. The third-order valence-electron chi connectivity index (χ3n) is 3.23. The van der Waals surface area contributed by atoms with Crippen LogP contribution in [0, 0.1) is 0 Å². The molecule has 0 atom stereocenters. The predicted molar refractivity (Wildman–Crippen MR) is 86.2 cm³/mol. The van der Waals surface area contributed by atoms with Gasteiger partial charge in [-0.15, -0.1) is 0 Å². The summed E-state index contributed by atoms with van der Waals surface area (Å²) >= 11 is 3.29. The van der Waals surface area contributed by atoms with Crippen molar-refractivity contribution >= 4 is 33.7 Å². The monoisotopic (exact) mass is 386 g/mol. The number of nitrogens with one attached hydrogen (secondary N) is 1. The Labute approximate surface area is 142 Å². The van der Waals surface area contributed by atoms with E-state index in [1.807, 2.05) is 0 Å². The van der Waals surface area contributed by atoms with Crippen molar-refractivity contribution in [3.8, 4) is 0 Å². The highest BCUT2D eigenvalue weighted by atomic mass is 79.9. The van der Waals surface area contributed by atoms with Crippen molar-refractivity contribution < 1.29 is 23.8 Å². The third kappa shape index (κ3) is 5.80. The molecule has 1 aliphatic heterocycles. The van der Waals surface area contributed by atoms with Crippen molar-refractivity contribution in [3.05, 3.63) is 22.4 Å². The fourth-order valence-corrected chi connectivity index (χ4v) is 2.48. The number of hydrogen-bond donors (Lipinski definition) is 1. The highest BCUT2D eigenvalue weighted by Crippen LogP contribution is 2.21. The van der Waals surface area contributed by atoms with Crippen LogP contribution in [0.3, 0.4) is 0 Å². The number of halogens is 1. The van der Waals surface area contributed by atoms with E-state index >= 15 is 0 Å². The van der Waals surface area contributed by atoms with E-state index in [1.54, 1.807) is 19.2 Å². The molecule has 1 N–H and O–H groups in total. The summed E-state index contributed by atoms with van der Waals surface area (Å²) < 4.78 is 16.2. The standard InChI is InChI=1S/C15H19BrN2O5/c1-2-22-14(19)8-12-13(7-10(16)9-17-12)18-15(20)23-11-3-5-21-6-4-11/h7,9,11H,2-6,8H2,1H3,(H,18,20). The number of anilines is 1. The summed E-state index contributed by atoms with van der Waals surface area (Å²) in [6.07, 6.45) is 2.18. The lowest BCUT2D eigenvalue weighted by Gasteiger charge is -2.22. The SMILES string of the molecule is CCOC(=O)Cc1ncc(Br)cc1NC(=O)OC1CCOCC1. The number of ether oxygens (including phenoxy) is 3. The number of carbonyl (C=O) groups excluding carboxylic acids is 2. The van der Waals surface area contributed by atoms with Crippen molar-refractivity contribution in [3.63, 3.8) is 0 Å². The number of carbonyl (C=O) groups is 2. The Balaban J connectivity index is 2.00. The van der Waals surface area contributed by atoms with Gasteiger partial charge < -0.3 is 14.2 Å².